The molecule has 184 valence electrons. The molecule has 5 aromatic rings. The molecule has 0 unspecified atom stereocenters. The number of carbonyl (C=O) groups is 2. The summed E-state index contributed by atoms with van der Waals surface area (Å²) in [7, 11) is 0. The van der Waals surface area contributed by atoms with Crippen LogP contribution < -0.4 is 16.0 Å². The van der Waals surface area contributed by atoms with Crippen LogP contribution in [0.1, 0.15) is 25.6 Å². The van der Waals surface area contributed by atoms with Crippen LogP contribution in [0, 0.1) is 6.92 Å². The minimum absolute atomic E-state index is 0.260. The maximum Gasteiger partial charge on any atom is 0.265 e. The van der Waals surface area contributed by atoms with Gasteiger partial charge in [0.05, 0.1) is 22.3 Å². The molecule has 1 aromatic carbocycles. The number of amides is 2. The molecule has 5 rings (SSSR count). The number of pyridine rings is 1. The number of anilines is 4. The SMILES string of the molecule is Cc1ccc(NC(=O)c2cncc(NC(=O)c3ccc(-c4cccs4)s3)c2)cc1Nc1nccc(Cl)n1. The summed E-state index contributed by atoms with van der Waals surface area (Å²) in [5, 5.41) is 11.1. The highest BCUT2D eigenvalue weighted by Crippen LogP contribution is 2.32. The minimum Gasteiger partial charge on any atom is -0.324 e. The Hall–Kier alpha value is -4.12. The van der Waals surface area contributed by atoms with E-state index in [1.54, 1.807) is 47.9 Å². The molecule has 0 radical (unpaired) electrons. The summed E-state index contributed by atoms with van der Waals surface area (Å²) in [6.07, 6.45) is 4.50. The van der Waals surface area contributed by atoms with E-state index >= 15 is 0 Å². The van der Waals surface area contributed by atoms with E-state index in [0.717, 1.165) is 21.0 Å². The molecule has 3 N–H and O–H groups in total. The van der Waals surface area contributed by atoms with Gasteiger partial charge in [0.25, 0.3) is 11.8 Å². The van der Waals surface area contributed by atoms with Gasteiger partial charge in [0, 0.05) is 33.5 Å². The Morgan fingerprint density at radius 3 is 2.59 bits per heavy atom. The van der Waals surface area contributed by atoms with Crippen LogP contribution in [0.15, 0.2) is 78.6 Å². The summed E-state index contributed by atoms with van der Waals surface area (Å²) in [4.78, 5) is 40.8. The Balaban J connectivity index is 1.26. The van der Waals surface area contributed by atoms with E-state index in [4.69, 9.17) is 11.6 Å². The monoisotopic (exact) mass is 546 g/mol. The third-order valence-electron chi connectivity index (χ3n) is 5.22. The van der Waals surface area contributed by atoms with E-state index in [-0.39, 0.29) is 11.8 Å². The highest BCUT2D eigenvalue weighted by Gasteiger charge is 2.14. The van der Waals surface area contributed by atoms with Crippen LogP contribution in [0.25, 0.3) is 9.75 Å². The Bertz CT molecular complexity index is 1590. The van der Waals surface area contributed by atoms with Crippen LogP contribution >= 0.6 is 34.3 Å². The first kappa shape index (κ1) is 24.6. The quantitative estimate of drug-likeness (QED) is 0.192. The average molecular weight is 547 g/mol. The number of hydrogen-bond donors (Lipinski definition) is 3. The van der Waals surface area contributed by atoms with Crippen molar-refractivity contribution >= 4 is 69.1 Å². The van der Waals surface area contributed by atoms with Gasteiger partial charge in [-0.05, 0) is 60.3 Å². The van der Waals surface area contributed by atoms with Gasteiger partial charge in [0.2, 0.25) is 5.95 Å². The van der Waals surface area contributed by atoms with Crippen molar-refractivity contribution in [2.24, 2.45) is 0 Å². The van der Waals surface area contributed by atoms with Crippen molar-refractivity contribution in [2.75, 3.05) is 16.0 Å². The molecule has 0 saturated carbocycles. The molecule has 37 heavy (non-hydrogen) atoms. The summed E-state index contributed by atoms with van der Waals surface area (Å²) >= 11 is 8.97. The highest BCUT2D eigenvalue weighted by molar-refractivity contribution is 7.22. The molecule has 0 spiro atoms. The van der Waals surface area contributed by atoms with Gasteiger partial charge in [0.1, 0.15) is 5.15 Å². The first-order valence-electron chi connectivity index (χ1n) is 11.0. The van der Waals surface area contributed by atoms with E-state index in [1.165, 1.54) is 23.7 Å². The number of halogens is 1. The molecule has 0 fully saturated rings. The Morgan fingerprint density at radius 1 is 0.919 bits per heavy atom. The van der Waals surface area contributed by atoms with Crippen LogP contribution in [0.4, 0.5) is 23.0 Å². The number of aryl methyl sites for hydroxylation is 1. The standard InChI is InChI=1S/C26H19ClN6O2S2/c1-15-4-5-17(12-19(15)32-26-29-9-8-23(27)33-26)30-24(34)16-11-18(14-28-13-16)31-25(35)22-7-6-21(37-22)20-3-2-10-36-20/h2-14H,1H3,(H,30,34)(H,31,35)(H,29,32,33). The molecule has 8 nitrogen and oxygen atoms in total. The lowest BCUT2D eigenvalue weighted by Gasteiger charge is -2.12. The van der Waals surface area contributed by atoms with Crippen molar-refractivity contribution in [1.82, 2.24) is 15.0 Å². The smallest absolute Gasteiger partial charge is 0.265 e. The van der Waals surface area contributed by atoms with E-state index in [1.807, 2.05) is 36.6 Å². The summed E-state index contributed by atoms with van der Waals surface area (Å²) in [5.74, 6) is -0.280. The largest absolute Gasteiger partial charge is 0.324 e. The lowest BCUT2D eigenvalue weighted by atomic mass is 10.1. The van der Waals surface area contributed by atoms with Crippen LogP contribution in [0.3, 0.4) is 0 Å². The first-order chi connectivity index (χ1) is 17.9. The predicted molar refractivity (Wildman–Crippen MR) is 149 cm³/mol. The van der Waals surface area contributed by atoms with Crippen LogP contribution in [0.2, 0.25) is 5.15 Å². The molecular weight excluding hydrogens is 528 g/mol. The molecule has 0 atom stereocenters. The van der Waals surface area contributed by atoms with E-state index in [9.17, 15) is 9.59 Å². The first-order valence-corrected chi connectivity index (χ1v) is 13.1. The average Bonchev–Trinajstić information content (AvgIpc) is 3.59. The fourth-order valence-corrected chi connectivity index (χ4v) is 5.26. The van der Waals surface area contributed by atoms with Crippen molar-refractivity contribution in [1.29, 1.82) is 0 Å². The topological polar surface area (TPSA) is 109 Å². The number of nitrogens with one attached hydrogen (secondary N) is 3. The predicted octanol–water partition coefficient (Wildman–Crippen LogP) is 6.87. The number of hydrogen-bond acceptors (Lipinski definition) is 8. The number of rotatable bonds is 7. The maximum atomic E-state index is 12.9. The number of carbonyl (C=O) groups excluding carboxylic acids is 2. The lowest BCUT2D eigenvalue weighted by molar-refractivity contribution is 0.101. The van der Waals surface area contributed by atoms with Crippen molar-refractivity contribution in [3.05, 3.63) is 99.7 Å². The minimum atomic E-state index is -0.367. The molecule has 0 saturated heterocycles. The van der Waals surface area contributed by atoms with Crippen molar-refractivity contribution < 1.29 is 9.59 Å². The molecule has 0 aliphatic rings. The third-order valence-corrected chi connectivity index (χ3v) is 7.58. The number of nitrogens with zero attached hydrogens (tertiary/aromatic N) is 3. The zero-order valence-corrected chi connectivity index (χ0v) is 21.7. The molecule has 4 heterocycles. The summed E-state index contributed by atoms with van der Waals surface area (Å²) in [6, 6.07) is 16.3. The van der Waals surface area contributed by atoms with Gasteiger partial charge in [-0.1, -0.05) is 23.7 Å². The fourth-order valence-electron chi connectivity index (χ4n) is 3.39. The Kier molecular flexibility index (Phi) is 7.22. The second kappa shape index (κ2) is 10.9. The number of thiophene rings is 2. The second-order valence-corrected chi connectivity index (χ2v) is 10.3. The zero-order valence-electron chi connectivity index (χ0n) is 19.4. The van der Waals surface area contributed by atoms with Gasteiger partial charge in [-0.3, -0.25) is 14.6 Å². The van der Waals surface area contributed by atoms with Crippen LogP contribution in [-0.2, 0) is 0 Å². The molecule has 0 aliphatic carbocycles. The van der Waals surface area contributed by atoms with Crippen molar-refractivity contribution in [2.45, 2.75) is 6.92 Å². The summed E-state index contributed by atoms with van der Waals surface area (Å²) in [6.45, 7) is 1.92. The maximum absolute atomic E-state index is 12.9. The van der Waals surface area contributed by atoms with Crippen molar-refractivity contribution in [3.8, 4) is 9.75 Å². The molecular formula is C26H19ClN6O2S2. The normalized spacial score (nSPS) is 10.6. The van der Waals surface area contributed by atoms with Crippen LogP contribution in [0.5, 0.6) is 0 Å². The molecule has 0 bridgehead atoms. The highest BCUT2D eigenvalue weighted by atomic mass is 35.5. The summed E-state index contributed by atoms with van der Waals surface area (Å²) < 4.78 is 0. The van der Waals surface area contributed by atoms with Gasteiger partial charge < -0.3 is 16.0 Å². The zero-order chi connectivity index (χ0) is 25.8. The lowest BCUT2D eigenvalue weighted by Crippen LogP contribution is -2.15. The third kappa shape index (κ3) is 6.00. The van der Waals surface area contributed by atoms with Gasteiger partial charge in [-0.25, -0.2) is 9.97 Å². The van der Waals surface area contributed by atoms with Crippen molar-refractivity contribution in [3.63, 3.8) is 0 Å². The Morgan fingerprint density at radius 2 is 1.78 bits per heavy atom. The van der Waals surface area contributed by atoms with Crippen LogP contribution in [-0.4, -0.2) is 26.8 Å². The van der Waals surface area contributed by atoms with E-state index in [0.29, 0.717) is 32.9 Å². The number of benzene rings is 1. The van der Waals surface area contributed by atoms with E-state index in [2.05, 4.69) is 30.9 Å². The van der Waals surface area contributed by atoms with Gasteiger partial charge in [-0.2, -0.15) is 0 Å². The molecule has 0 aliphatic heterocycles. The van der Waals surface area contributed by atoms with Gasteiger partial charge >= 0.3 is 0 Å². The van der Waals surface area contributed by atoms with Gasteiger partial charge in [-0.15, -0.1) is 22.7 Å². The second-order valence-electron chi connectivity index (χ2n) is 7.87. The molecule has 4 aromatic heterocycles. The molecule has 11 heteroatoms. The van der Waals surface area contributed by atoms with E-state index < -0.39 is 0 Å². The Labute approximate surface area is 225 Å². The number of aromatic nitrogens is 3. The fraction of sp³-hybridized carbons (Fsp3) is 0.0385. The summed E-state index contributed by atoms with van der Waals surface area (Å²) in [5.41, 5.74) is 2.94. The molecule has 2 amide bonds. The van der Waals surface area contributed by atoms with Gasteiger partial charge in [0.15, 0.2) is 0 Å².